The highest BCUT2D eigenvalue weighted by Gasteiger charge is 2.15. The van der Waals surface area contributed by atoms with Crippen LogP contribution in [0.5, 0.6) is 11.5 Å². The van der Waals surface area contributed by atoms with Gasteiger partial charge in [-0.25, -0.2) is 4.98 Å². The van der Waals surface area contributed by atoms with E-state index in [1.165, 1.54) is 0 Å². The highest BCUT2D eigenvalue weighted by atomic mass is 16.5. The van der Waals surface area contributed by atoms with Gasteiger partial charge < -0.3 is 19.6 Å². The maximum Gasteiger partial charge on any atom is 0.230 e. The molecule has 0 amide bonds. The van der Waals surface area contributed by atoms with Gasteiger partial charge >= 0.3 is 0 Å². The quantitative estimate of drug-likeness (QED) is 0.894. The monoisotopic (exact) mass is 262 g/mol. The molecule has 2 aromatic rings. The molecule has 1 aromatic carbocycles. The normalized spacial score (nSPS) is 10.5. The number of oxazole rings is 1. The molecule has 5 heteroatoms. The summed E-state index contributed by atoms with van der Waals surface area (Å²) in [5.41, 5.74) is 7.23. The Bertz CT molecular complexity index is 564. The van der Waals surface area contributed by atoms with E-state index in [1.807, 2.05) is 19.1 Å². The summed E-state index contributed by atoms with van der Waals surface area (Å²) in [6.07, 6.45) is 0.702. The van der Waals surface area contributed by atoms with E-state index in [0.29, 0.717) is 24.6 Å². The van der Waals surface area contributed by atoms with E-state index in [2.05, 4.69) is 4.98 Å². The number of hydrogen-bond acceptors (Lipinski definition) is 5. The fraction of sp³-hybridized carbons (Fsp3) is 0.357. The second kappa shape index (κ2) is 5.75. The van der Waals surface area contributed by atoms with Crippen molar-refractivity contribution in [2.75, 3.05) is 20.8 Å². The number of ether oxygens (including phenoxy) is 2. The first-order valence-corrected chi connectivity index (χ1v) is 6.08. The minimum atomic E-state index is 0.542. The highest BCUT2D eigenvalue weighted by Crippen LogP contribution is 2.33. The van der Waals surface area contributed by atoms with Gasteiger partial charge in [-0.05, 0) is 25.6 Å². The van der Waals surface area contributed by atoms with Gasteiger partial charge in [0.1, 0.15) is 17.3 Å². The first-order chi connectivity index (χ1) is 9.19. The molecule has 102 valence electrons. The summed E-state index contributed by atoms with van der Waals surface area (Å²) in [5.74, 6) is 2.73. The molecule has 1 aromatic heterocycles. The third-order valence-corrected chi connectivity index (χ3v) is 2.91. The van der Waals surface area contributed by atoms with Crippen LogP contribution < -0.4 is 15.2 Å². The smallest absolute Gasteiger partial charge is 0.230 e. The molecule has 0 fully saturated rings. The molecule has 0 aliphatic carbocycles. The minimum absolute atomic E-state index is 0.542. The zero-order valence-corrected chi connectivity index (χ0v) is 11.4. The van der Waals surface area contributed by atoms with Gasteiger partial charge in [-0.1, -0.05) is 0 Å². The second-order valence-electron chi connectivity index (χ2n) is 4.13. The van der Waals surface area contributed by atoms with Gasteiger partial charge in [-0.15, -0.1) is 0 Å². The number of benzene rings is 1. The van der Waals surface area contributed by atoms with Gasteiger partial charge in [0.15, 0.2) is 0 Å². The van der Waals surface area contributed by atoms with Gasteiger partial charge in [-0.2, -0.15) is 0 Å². The molecule has 2 rings (SSSR count). The topological polar surface area (TPSA) is 70.5 Å². The molecule has 0 unspecified atom stereocenters. The van der Waals surface area contributed by atoms with Crippen molar-refractivity contribution in [1.29, 1.82) is 0 Å². The number of nitrogens with two attached hydrogens (primary N) is 1. The summed E-state index contributed by atoms with van der Waals surface area (Å²) in [4.78, 5) is 4.47. The predicted octanol–water partition coefficient (Wildman–Crippen LogP) is 2.17. The summed E-state index contributed by atoms with van der Waals surface area (Å²) >= 11 is 0. The molecule has 1 heterocycles. The highest BCUT2D eigenvalue weighted by molar-refractivity contribution is 5.65. The van der Waals surface area contributed by atoms with E-state index in [-0.39, 0.29) is 0 Å². The number of rotatable bonds is 5. The largest absolute Gasteiger partial charge is 0.497 e. The third kappa shape index (κ3) is 2.71. The lowest BCUT2D eigenvalue weighted by atomic mass is 10.2. The van der Waals surface area contributed by atoms with Crippen LogP contribution in [0.15, 0.2) is 22.6 Å². The molecule has 0 aliphatic rings. The van der Waals surface area contributed by atoms with E-state index in [1.54, 1.807) is 20.3 Å². The molecule has 2 N–H and O–H groups in total. The van der Waals surface area contributed by atoms with Crippen LogP contribution in [-0.2, 0) is 6.42 Å². The standard InChI is InChI=1S/C14H18N2O3/c1-9-12(6-7-15)16-14(19-9)11-5-4-10(17-2)8-13(11)18-3/h4-5,8H,6-7,15H2,1-3H3. The number of hydrogen-bond donors (Lipinski definition) is 1. The van der Waals surface area contributed by atoms with Crippen molar-refractivity contribution in [2.24, 2.45) is 5.73 Å². The maximum absolute atomic E-state index is 5.68. The van der Waals surface area contributed by atoms with Gasteiger partial charge in [0.25, 0.3) is 0 Å². The summed E-state index contributed by atoms with van der Waals surface area (Å²) < 4.78 is 16.2. The van der Waals surface area contributed by atoms with Crippen molar-refractivity contribution in [3.8, 4) is 23.0 Å². The molecular formula is C14H18N2O3. The van der Waals surface area contributed by atoms with Crippen molar-refractivity contribution >= 4 is 0 Å². The Balaban J connectivity index is 2.43. The van der Waals surface area contributed by atoms with Crippen LogP contribution in [0.3, 0.4) is 0 Å². The molecule has 0 saturated heterocycles. The Morgan fingerprint density at radius 3 is 2.68 bits per heavy atom. The van der Waals surface area contributed by atoms with Crippen LogP contribution in [0.2, 0.25) is 0 Å². The summed E-state index contributed by atoms with van der Waals surface area (Å²) in [5, 5.41) is 0. The van der Waals surface area contributed by atoms with Crippen LogP contribution in [0.25, 0.3) is 11.5 Å². The van der Waals surface area contributed by atoms with Gasteiger partial charge in [0.2, 0.25) is 5.89 Å². The van der Waals surface area contributed by atoms with E-state index < -0.39 is 0 Å². The SMILES string of the molecule is COc1ccc(-c2nc(CCN)c(C)o2)c(OC)c1. The summed E-state index contributed by atoms with van der Waals surface area (Å²) in [7, 11) is 3.22. The van der Waals surface area contributed by atoms with Crippen molar-refractivity contribution in [3.63, 3.8) is 0 Å². The van der Waals surface area contributed by atoms with Crippen LogP contribution >= 0.6 is 0 Å². The van der Waals surface area contributed by atoms with Crippen molar-refractivity contribution in [3.05, 3.63) is 29.7 Å². The Kier molecular flexibility index (Phi) is 4.06. The second-order valence-corrected chi connectivity index (χ2v) is 4.13. The number of nitrogens with zero attached hydrogens (tertiary/aromatic N) is 1. The van der Waals surface area contributed by atoms with Crippen LogP contribution in [0.1, 0.15) is 11.5 Å². The van der Waals surface area contributed by atoms with Crippen molar-refractivity contribution < 1.29 is 13.9 Å². The summed E-state index contributed by atoms with van der Waals surface area (Å²) in [6, 6.07) is 5.52. The Labute approximate surface area is 112 Å². The van der Waals surface area contributed by atoms with Crippen molar-refractivity contribution in [1.82, 2.24) is 4.98 Å². The average Bonchev–Trinajstić information content (AvgIpc) is 2.79. The number of aryl methyl sites for hydroxylation is 1. The molecule has 0 atom stereocenters. The van der Waals surface area contributed by atoms with Crippen LogP contribution in [0.4, 0.5) is 0 Å². The lowest BCUT2D eigenvalue weighted by Gasteiger charge is -2.07. The predicted molar refractivity (Wildman–Crippen MR) is 72.5 cm³/mol. The lowest BCUT2D eigenvalue weighted by molar-refractivity contribution is 0.394. The molecule has 19 heavy (non-hydrogen) atoms. The zero-order valence-electron chi connectivity index (χ0n) is 11.4. The third-order valence-electron chi connectivity index (χ3n) is 2.91. The summed E-state index contributed by atoms with van der Waals surface area (Å²) in [6.45, 7) is 2.43. The average molecular weight is 262 g/mol. The maximum atomic E-state index is 5.68. The van der Waals surface area contributed by atoms with Gasteiger partial charge in [0.05, 0.1) is 25.5 Å². The minimum Gasteiger partial charge on any atom is -0.497 e. The zero-order chi connectivity index (χ0) is 13.8. The lowest BCUT2D eigenvalue weighted by Crippen LogP contribution is -2.03. The number of aromatic nitrogens is 1. The Morgan fingerprint density at radius 1 is 1.26 bits per heavy atom. The van der Waals surface area contributed by atoms with E-state index in [0.717, 1.165) is 22.8 Å². The van der Waals surface area contributed by atoms with E-state index in [9.17, 15) is 0 Å². The number of methoxy groups -OCH3 is 2. The van der Waals surface area contributed by atoms with Gasteiger partial charge in [-0.3, -0.25) is 0 Å². The Hall–Kier alpha value is -2.01. The van der Waals surface area contributed by atoms with Crippen LogP contribution in [0, 0.1) is 6.92 Å². The molecule has 0 aliphatic heterocycles. The molecule has 0 radical (unpaired) electrons. The van der Waals surface area contributed by atoms with Gasteiger partial charge in [0, 0.05) is 12.5 Å². The van der Waals surface area contributed by atoms with E-state index >= 15 is 0 Å². The molecule has 5 nitrogen and oxygen atoms in total. The molecule has 0 bridgehead atoms. The fourth-order valence-electron chi connectivity index (χ4n) is 1.89. The van der Waals surface area contributed by atoms with Crippen molar-refractivity contribution in [2.45, 2.75) is 13.3 Å². The Morgan fingerprint density at radius 2 is 2.05 bits per heavy atom. The molecule has 0 spiro atoms. The van der Waals surface area contributed by atoms with Crippen LogP contribution in [-0.4, -0.2) is 25.7 Å². The van der Waals surface area contributed by atoms with E-state index in [4.69, 9.17) is 19.6 Å². The fourth-order valence-corrected chi connectivity index (χ4v) is 1.89. The first-order valence-electron chi connectivity index (χ1n) is 6.08. The first kappa shape index (κ1) is 13.4. The molecular weight excluding hydrogens is 244 g/mol. The molecule has 0 saturated carbocycles.